The van der Waals surface area contributed by atoms with Crippen molar-refractivity contribution in [2.24, 2.45) is 0 Å². The van der Waals surface area contributed by atoms with Crippen molar-refractivity contribution in [3.05, 3.63) is 58.1 Å². The lowest BCUT2D eigenvalue weighted by Gasteiger charge is -2.21. The molecule has 0 aliphatic rings. The zero-order valence-electron chi connectivity index (χ0n) is 11.4. The Labute approximate surface area is 122 Å². The molecule has 0 aromatic heterocycles. The predicted molar refractivity (Wildman–Crippen MR) is 84.0 cm³/mol. The monoisotopic (exact) mass is 319 g/mol. The van der Waals surface area contributed by atoms with Gasteiger partial charge in [0.2, 0.25) is 0 Å². The topological polar surface area (TPSA) is 23.5 Å². The largest absolute Gasteiger partial charge is 0.389 e. The van der Waals surface area contributed by atoms with E-state index in [1.165, 1.54) is 5.56 Å². The molecule has 2 nitrogen and oxygen atoms in total. The van der Waals surface area contributed by atoms with Crippen LogP contribution >= 0.6 is 15.9 Å². The van der Waals surface area contributed by atoms with Crippen molar-refractivity contribution in [3.63, 3.8) is 0 Å². The number of benzene rings is 2. The second kappa shape index (κ2) is 5.76. The molecule has 0 aliphatic carbocycles. The molecule has 2 aromatic carbocycles. The van der Waals surface area contributed by atoms with E-state index in [0.29, 0.717) is 0 Å². The minimum absolute atomic E-state index is 0.465. The molecule has 0 radical (unpaired) electrons. The smallest absolute Gasteiger partial charge is 0.0772 e. The van der Waals surface area contributed by atoms with Crippen molar-refractivity contribution >= 4 is 27.3 Å². The van der Waals surface area contributed by atoms with Gasteiger partial charge in [-0.2, -0.15) is 0 Å². The van der Waals surface area contributed by atoms with Gasteiger partial charge in [-0.1, -0.05) is 34.1 Å². The summed E-state index contributed by atoms with van der Waals surface area (Å²) in [4.78, 5) is 2.13. The van der Waals surface area contributed by atoms with Crippen LogP contribution in [0.15, 0.2) is 46.9 Å². The first-order valence-corrected chi connectivity index (χ1v) is 7.06. The summed E-state index contributed by atoms with van der Waals surface area (Å²) in [5.41, 5.74) is 4.38. The van der Waals surface area contributed by atoms with Gasteiger partial charge in [-0.15, -0.1) is 0 Å². The van der Waals surface area contributed by atoms with Gasteiger partial charge in [0.1, 0.15) is 0 Å². The third-order valence-corrected chi connectivity index (χ3v) is 3.90. The van der Waals surface area contributed by atoms with Crippen LogP contribution in [0.1, 0.15) is 24.2 Å². The molecule has 1 N–H and O–H groups in total. The number of hydrogen-bond acceptors (Lipinski definition) is 2. The van der Waals surface area contributed by atoms with Crippen molar-refractivity contribution in [2.75, 3.05) is 11.9 Å². The highest BCUT2D eigenvalue weighted by Crippen LogP contribution is 2.31. The number of hydrogen-bond donors (Lipinski definition) is 1. The maximum Gasteiger partial charge on any atom is 0.0772 e. The van der Waals surface area contributed by atoms with Gasteiger partial charge in [0.25, 0.3) is 0 Å². The van der Waals surface area contributed by atoms with E-state index in [9.17, 15) is 5.11 Å². The fourth-order valence-corrected chi connectivity index (χ4v) is 2.75. The zero-order chi connectivity index (χ0) is 14.0. The van der Waals surface area contributed by atoms with Crippen molar-refractivity contribution in [3.8, 4) is 0 Å². The first-order chi connectivity index (χ1) is 8.99. The molecule has 1 atom stereocenters. The molecule has 1 unspecified atom stereocenters. The Kier molecular flexibility index (Phi) is 4.27. The normalized spacial score (nSPS) is 12.3. The summed E-state index contributed by atoms with van der Waals surface area (Å²) >= 11 is 3.52. The molecule has 0 aliphatic heterocycles. The fourth-order valence-electron chi connectivity index (χ4n) is 2.05. The van der Waals surface area contributed by atoms with Crippen LogP contribution in [0.2, 0.25) is 0 Å². The standard InChI is InChI=1S/C16H18BrNO/c1-11-5-4-6-13(9-11)18(3)14-7-8-15(12(2)19)16(17)10-14/h4-10,12,19H,1-3H3. The molecule has 0 heterocycles. The summed E-state index contributed by atoms with van der Waals surface area (Å²) in [7, 11) is 2.04. The van der Waals surface area contributed by atoms with Crippen molar-refractivity contribution in [2.45, 2.75) is 20.0 Å². The highest BCUT2D eigenvalue weighted by molar-refractivity contribution is 9.10. The molecule has 19 heavy (non-hydrogen) atoms. The lowest BCUT2D eigenvalue weighted by atomic mass is 10.1. The molecule has 2 aromatic rings. The van der Waals surface area contributed by atoms with E-state index in [2.05, 4.69) is 52.0 Å². The quantitative estimate of drug-likeness (QED) is 0.895. The van der Waals surface area contributed by atoms with E-state index in [4.69, 9.17) is 0 Å². The van der Waals surface area contributed by atoms with Gasteiger partial charge in [-0.25, -0.2) is 0 Å². The van der Waals surface area contributed by atoms with Crippen molar-refractivity contribution < 1.29 is 5.11 Å². The molecule has 0 spiro atoms. The minimum Gasteiger partial charge on any atom is -0.389 e. The van der Waals surface area contributed by atoms with E-state index in [-0.39, 0.29) is 0 Å². The highest BCUT2D eigenvalue weighted by Gasteiger charge is 2.09. The second-order valence-electron chi connectivity index (χ2n) is 4.78. The van der Waals surface area contributed by atoms with Gasteiger partial charge in [0, 0.05) is 22.9 Å². The highest BCUT2D eigenvalue weighted by atomic mass is 79.9. The average molecular weight is 320 g/mol. The number of nitrogens with zero attached hydrogens (tertiary/aromatic N) is 1. The Hall–Kier alpha value is -1.32. The zero-order valence-corrected chi connectivity index (χ0v) is 13.0. The minimum atomic E-state index is -0.465. The van der Waals surface area contributed by atoms with Crippen molar-refractivity contribution in [1.29, 1.82) is 0 Å². The van der Waals surface area contributed by atoms with Crippen LogP contribution in [-0.2, 0) is 0 Å². The number of anilines is 2. The van der Waals surface area contributed by atoms with Gasteiger partial charge < -0.3 is 10.0 Å². The molecule has 3 heteroatoms. The van der Waals surface area contributed by atoms with Gasteiger partial charge >= 0.3 is 0 Å². The Balaban J connectivity index is 2.34. The predicted octanol–water partition coefficient (Wildman–Crippen LogP) is 4.58. The lowest BCUT2D eigenvalue weighted by Crippen LogP contribution is -2.09. The van der Waals surface area contributed by atoms with E-state index in [1.54, 1.807) is 6.92 Å². The van der Waals surface area contributed by atoms with E-state index in [0.717, 1.165) is 21.4 Å². The number of rotatable bonds is 3. The summed E-state index contributed by atoms with van der Waals surface area (Å²) in [6, 6.07) is 14.4. The summed E-state index contributed by atoms with van der Waals surface area (Å²) in [6.07, 6.45) is -0.465. The molecule has 0 bridgehead atoms. The fraction of sp³-hybridized carbons (Fsp3) is 0.250. The van der Waals surface area contributed by atoms with Gasteiger partial charge in [0.05, 0.1) is 6.10 Å². The first kappa shape index (κ1) is 14.1. The van der Waals surface area contributed by atoms with Crippen LogP contribution in [0, 0.1) is 6.92 Å². The maximum atomic E-state index is 9.64. The third-order valence-electron chi connectivity index (χ3n) is 3.21. The third kappa shape index (κ3) is 3.17. The maximum absolute atomic E-state index is 9.64. The lowest BCUT2D eigenvalue weighted by molar-refractivity contribution is 0.198. The number of halogens is 1. The summed E-state index contributed by atoms with van der Waals surface area (Å²) < 4.78 is 0.930. The molecule has 0 saturated heterocycles. The van der Waals surface area contributed by atoms with Crippen molar-refractivity contribution in [1.82, 2.24) is 0 Å². The van der Waals surface area contributed by atoms with E-state index >= 15 is 0 Å². The first-order valence-electron chi connectivity index (χ1n) is 6.27. The van der Waals surface area contributed by atoms with Crippen LogP contribution in [-0.4, -0.2) is 12.2 Å². The van der Waals surface area contributed by atoms with Crippen LogP contribution in [0.3, 0.4) is 0 Å². The summed E-state index contributed by atoms with van der Waals surface area (Å²) in [6.45, 7) is 3.85. The van der Waals surface area contributed by atoms with Crippen LogP contribution in [0.4, 0.5) is 11.4 Å². The molecular weight excluding hydrogens is 302 g/mol. The summed E-state index contributed by atoms with van der Waals surface area (Å²) in [5, 5.41) is 9.64. The van der Waals surface area contributed by atoms with E-state index < -0.39 is 6.10 Å². The molecular formula is C16H18BrNO. The van der Waals surface area contributed by atoms with E-state index in [1.807, 2.05) is 25.2 Å². The Morgan fingerprint density at radius 3 is 2.37 bits per heavy atom. The Bertz CT molecular complexity index is 581. The number of aryl methyl sites for hydroxylation is 1. The molecule has 2 rings (SSSR count). The van der Waals surface area contributed by atoms with Gasteiger partial charge in [-0.3, -0.25) is 0 Å². The Morgan fingerprint density at radius 2 is 1.79 bits per heavy atom. The van der Waals surface area contributed by atoms with Crippen LogP contribution < -0.4 is 4.90 Å². The van der Waals surface area contributed by atoms with Gasteiger partial charge in [0.15, 0.2) is 0 Å². The number of aliphatic hydroxyl groups excluding tert-OH is 1. The van der Waals surface area contributed by atoms with Crippen LogP contribution in [0.25, 0.3) is 0 Å². The van der Waals surface area contributed by atoms with Gasteiger partial charge in [-0.05, 0) is 49.2 Å². The SMILES string of the molecule is Cc1cccc(N(C)c2ccc(C(C)O)c(Br)c2)c1. The average Bonchev–Trinajstić information content (AvgIpc) is 2.37. The molecule has 0 saturated carbocycles. The molecule has 100 valence electrons. The number of aliphatic hydroxyl groups is 1. The Morgan fingerprint density at radius 1 is 1.11 bits per heavy atom. The second-order valence-corrected chi connectivity index (χ2v) is 5.63. The molecule has 0 fully saturated rings. The van der Waals surface area contributed by atoms with Crippen LogP contribution in [0.5, 0.6) is 0 Å². The summed E-state index contributed by atoms with van der Waals surface area (Å²) in [5.74, 6) is 0. The molecule has 0 amide bonds.